The van der Waals surface area contributed by atoms with Gasteiger partial charge in [-0.15, -0.1) is 11.3 Å². The van der Waals surface area contributed by atoms with Gasteiger partial charge in [-0.2, -0.15) is 0 Å². The van der Waals surface area contributed by atoms with Gasteiger partial charge < -0.3 is 19.5 Å². The maximum Gasteiger partial charge on any atom is 0.261 e. The normalized spacial score (nSPS) is 10.3. The van der Waals surface area contributed by atoms with Crippen LogP contribution in [0.5, 0.6) is 17.2 Å². The van der Waals surface area contributed by atoms with Crippen LogP contribution in [-0.4, -0.2) is 37.3 Å². The molecule has 10 heteroatoms. The van der Waals surface area contributed by atoms with Gasteiger partial charge in [0.1, 0.15) is 5.75 Å². The highest BCUT2D eigenvalue weighted by molar-refractivity contribution is 7.80. The molecule has 0 bridgehead atoms. The van der Waals surface area contributed by atoms with Crippen LogP contribution >= 0.6 is 35.2 Å². The van der Waals surface area contributed by atoms with Gasteiger partial charge in [-0.3, -0.25) is 10.1 Å². The molecule has 0 fully saturated rings. The number of hydrogen-bond acceptors (Lipinski definition) is 7. The highest BCUT2D eigenvalue weighted by Gasteiger charge is 2.15. The van der Waals surface area contributed by atoms with Crippen molar-refractivity contribution >= 4 is 51.3 Å². The number of thiocarbonyl (C=S) groups is 1. The fourth-order valence-electron chi connectivity index (χ4n) is 2.62. The predicted molar refractivity (Wildman–Crippen MR) is 122 cm³/mol. The summed E-state index contributed by atoms with van der Waals surface area (Å²) in [5.41, 5.74) is 1.86. The van der Waals surface area contributed by atoms with Crippen molar-refractivity contribution in [2.75, 3.05) is 26.6 Å². The first kappa shape index (κ1) is 21.8. The average molecular weight is 464 g/mol. The van der Waals surface area contributed by atoms with Crippen LogP contribution in [0.25, 0.3) is 11.3 Å². The molecule has 0 radical (unpaired) electrons. The molecule has 0 aliphatic carbocycles. The molecule has 30 heavy (non-hydrogen) atoms. The lowest BCUT2D eigenvalue weighted by Gasteiger charge is -2.10. The van der Waals surface area contributed by atoms with Crippen LogP contribution in [0.15, 0.2) is 41.8 Å². The van der Waals surface area contributed by atoms with Crippen molar-refractivity contribution < 1.29 is 19.0 Å². The van der Waals surface area contributed by atoms with Crippen molar-refractivity contribution in [2.45, 2.75) is 0 Å². The van der Waals surface area contributed by atoms with Gasteiger partial charge in [-0.1, -0.05) is 11.6 Å². The summed E-state index contributed by atoms with van der Waals surface area (Å²) in [4.78, 5) is 17.0. The fraction of sp³-hybridized carbons (Fsp3) is 0.150. The molecule has 1 amide bonds. The molecule has 0 atom stereocenters. The molecule has 3 aromatic rings. The minimum atomic E-state index is -0.441. The molecular formula is C20H18ClN3O4S2. The van der Waals surface area contributed by atoms with E-state index in [0.717, 1.165) is 11.3 Å². The second-order valence-corrected chi connectivity index (χ2v) is 7.56. The first-order valence-corrected chi connectivity index (χ1v) is 10.3. The number of carbonyl (C=O) groups is 1. The Morgan fingerprint density at radius 2 is 1.73 bits per heavy atom. The van der Waals surface area contributed by atoms with Gasteiger partial charge in [0.05, 0.1) is 32.6 Å². The Kier molecular flexibility index (Phi) is 7.09. The summed E-state index contributed by atoms with van der Waals surface area (Å²) in [6, 6.07) is 10.3. The number of aromatic nitrogens is 1. The number of anilines is 1. The minimum Gasteiger partial charge on any atom is -0.496 e. The summed E-state index contributed by atoms with van der Waals surface area (Å²) < 4.78 is 15.8. The number of amides is 1. The molecule has 3 rings (SSSR count). The van der Waals surface area contributed by atoms with E-state index in [2.05, 4.69) is 15.6 Å². The number of benzene rings is 2. The van der Waals surface area contributed by atoms with Crippen molar-refractivity contribution in [3.63, 3.8) is 0 Å². The first-order chi connectivity index (χ1) is 14.4. The molecular weight excluding hydrogens is 446 g/mol. The third-order valence-electron chi connectivity index (χ3n) is 4.04. The molecule has 156 valence electrons. The van der Waals surface area contributed by atoms with Gasteiger partial charge in [0.15, 0.2) is 21.7 Å². The number of rotatable bonds is 6. The van der Waals surface area contributed by atoms with E-state index in [1.54, 1.807) is 26.4 Å². The zero-order valence-corrected chi connectivity index (χ0v) is 18.7. The second kappa shape index (κ2) is 9.75. The average Bonchev–Trinajstić information content (AvgIpc) is 3.21. The Hall–Kier alpha value is -2.88. The monoisotopic (exact) mass is 463 g/mol. The number of nitrogens with one attached hydrogen (secondary N) is 2. The largest absolute Gasteiger partial charge is 0.496 e. The quantitative estimate of drug-likeness (QED) is 0.516. The zero-order valence-electron chi connectivity index (χ0n) is 16.3. The summed E-state index contributed by atoms with van der Waals surface area (Å²) in [5.74, 6) is 1.19. The molecule has 0 saturated heterocycles. The highest BCUT2D eigenvalue weighted by Crippen LogP contribution is 2.33. The summed E-state index contributed by atoms with van der Waals surface area (Å²) in [5, 5.41) is 8.44. The molecule has 1 heterocycles. The smallest absolute Gasteiger partial charge is 0.261 e. The van der Waals surface area contributed by atoms with Crippen LogP contribution < -0.4 is 24.8 Å². The first-order valence-electron chi connectivity index (χ1n) is 8.59. The number of nitrogens with zero attached hydrogens (tertiary/aromatic N) is 1. The number of ether oxygens (including phenoxy) is 3. The van der Waals surface area contributed by atoms with Crippen LogP contribution in [0.3, 0.4) is 0 Å². The van der Waals surface area contributed by atoms with Crippen molar-refractivity contribution in [3.8, 4) is 28.5 Å². The molecule has 1 aromatic heterocycles. The number of methoxy groups -OCH3 is 3. The van der Waals surface area contributed by atoms with Gasteiger partial charge in [-0.25, -0.2) is 4.98 Å². The Morgan fingerprint density at radius 1 is 1.03 bits per heavy atom. The lowest BCUT2D eigenvalue weighted by Crippen LogP contribution is -2.34. The summed E-state index contributed by atoms with van der Waals surface area (Å²) in [7, 11) is 4.63. The summed E-state index contributed by atoms with van der Waals surface area (Å²) in [6.07, 6.45) is 0. The topological polar surface area (TPSA) is 81.7 Å². The number of hydrogen-bond donors (Lipinski definition) is 2. The SMILES string of the molecule is COc1ccc(-c2csc(NC(=S)NC(=O)c3cc(Cl)ccc3OC)n2)cc1OC. The molecule has 2 N–H and O–H groups in total. The van der Waals surface area contributed by atoms with Gasteiger partial charge >= 0.3 is 0 Å². The number of thiazole rings is 1. The highest BCUT2D eigenvalue weighted by atomic mass is 35.5. The number of carbonyl (C=O) groups excluding carboxylic acids is 1. The van der Waals surface area contributed by atoms with Crippen LogP contribution in [0.1, 0.15) is 10.4 Å². The standard InChI is InChI=1S/C20H18ClN3O4S2/c1-26-15-7-5-12(21)9-13(15)18(25)23-19(29)24-20-22-14(10-30-20)11-4-6-16(27-2)17(8-11)28-3/h4-10H,1-3H3,(H2,22,23,24,25,29). The summed E-state index contributed by atoms with van der Waals surface area (Å²) >= 11 is 12.6. The van der Waals surface area contributed by atoms with Crippen molar-refractivity contribution in [3.05, 3.63) is 52.4 Å². The molecule has 0 spiro atoms. The van der Waals surface area contributed by atoms with E-state index in [-0.39, 0.29) is 10.7 Å². The van der Waals surface area contributed by atoms with Gasteiger partial charge in [-0.05, 0) is 48.6 Å². The third-order valence-corrected chi connectivity index (χ3v) is 5.23. The van der Waals surface area contributed by atoms with Crippen molar-refractivity contribution in [1.29, 1.82) is 0 Å². The van der Waals surface area contributed by atoms with E-state index in [9.17, 15) is 4.79 Å². The van der Waals surface area contributed by atoms with E-state index in [4.69, 9.17) is 38.0 Å². The van der Waals surface area contributed by atoms with Crippen LogP contribution in [0.4, 0.5) is 5.13 Å². The molecule has 0 aliphatic heterocycles. The van der Waals surface area contributed by atoms with E-state index < -0.39 is 5.91 Å². The van der Waals surface area contributed by atoms with Gasteiger partial charge in [0.25, 0.3) is 5.91 Å². The molecule has 7 nitrogen and oxygen atoms in total. The maximum absolute atomic E-state index is 12.5. The van der Waals surface area contributed by atoms with Crippen LogP contribution in [0, 0.1) is 0 Å². The molecule has 2 aromatic carbocycles. The Balaban J connectivity index is 1.70. The lowest BCUT2D eigenvalue weighted by atomic mass is 10.1. The molecule has 0 saturated carbocycles. The Labute approximate surface area is 187 Å². The van der Waals surface area contributed by atoms with Gasteiger partial charge in [0.2, 0.25) is 0 Å². The maximum atomic E-state index is 12.5. The third kappa shape index (κ3) is 4.99. The molecule has 0 unspecified atom stereocenters. The fourth-order valence-corrected chi connectivity index (χ4v) is 3.77. The van der Waals surface area contributed by atoms with E-state index in [1.165, 1.54) is 24.5 Å². The number of halogens is 1. The second-order valence-electron chi connectivity index (χ2n) is 5.86. The van der Waals surface area contributed by atoms with Crippen LogP contribution in [-0.2, 0) is 0 Å². The lowest BCUT2D eigenvalue weighted by molar-refractivity contribution is 0.0975. The van der Waals surface area contributed by atoms with Crippen LogP contribution in [0.2, 0.25) is 5.02 Å². The molecule has 0 aliphatic rings. The minimum absolute atomic E-state index is 0.107. The Bertz CT molecular complexity index is 1090. The van der Waals surface area contributed by atoms with Crippen molar-refractivity contribution in [2.24, 2.45) is 0 Å². The van der Waals surface area contributed by atoms with Gasteiger partial charge in [0, 0.05) is 16.0 Å². The van der Waals surface area contributed by atoms with E-state index in [0.29, 0.717) is 27.4 Å². The van der Waals surface area contributed by atoms with E-state index >= 15 is 0 Å². The zero-order chi connectivity index (χ0) is 21.7. The summed E-state index contributed by atoms with van der Waals surface area (Å²) in [6.45, 7) is 0. The predicted octanol–water partition coefficient (Wildman–Crippen LogP) is 4.62. The van der Waals surface area contributed by atoms with E-state index in [1.807, 2.05) is 23.6 Å². The van der Waals surface area contributed by atoms with Crippen molar-refractivity contribution in [1.82, 2.24) is 10.3 Å². The Morgan fingerprint density at radius 3 is 2.43 bits per heavy atom.